The lowest BCUT2D eigenvalue weighted by Gasteiger charge is -2.21. The predicted octanol–water partition coefficient (Wildman–Crippen LogP) is 0.223. The molecule has 1 heterocycles. The summed E-state index contributed by atoms with van der Waals surface area (Å²) in [4.78, 5) is 16.4. The van der Waals surface area contributed by atoms with Crippen molar-refractivity contribution >= 4 is 11.8 Å². The van der Waals surface area contributed by atoms with Gasteiger partial charge in [0.1, 0.15) is 5.82 Å². The maximum atomic E-state index is 10.6. The van der Waals surface area contributed by atoms with Crippen LogP contribution in [-0.2, 0) is 4.74 Å². The van der Waals surface area contributed by atoms with Gasteiger partial charge in [-0.3, -0.25) is 0 Å². The van der Waals surface area contributed by atoms with Crippen LogP contribution in [0.5, 0.6) is 0 Å². The van der Waals surface area contributed by atoms with E-state index < -0.39 is 12.1 Å². The molecule has 0 saturated heterocycles. The van der Waals surface area contributed by atoms with Crippen molar-refractivity contribution in [2.45, 2.75) is 6.10 Å². The standard InChI is InChI=1S/C11H16N2O4/c1-13(6-9(14)7-17-2)10-4-3-8(5-12-10)11(15)16/h3-5,9,14H,6-7H2,1-2H3,(H,15,16). The number of aromatic nitrogens is 1. The van der Waals surface area contributed by atoms with E-state index in [1.807, 2.05) is 0 Å². The lowest BCUT2D eigenvalue weighted by Crippen LogP contribution is -2.32. The second kappa shape index (κ2) is 6.17. The third-order valence-corrected chi connectivity index (χ3v) is 2.23. The number of likely N-dealkylation sites (N-methyl/N-ethyl adjacent to an activating group) is 1. The number of nitrogens with zero attached hydrogens (tertiary/aromatic N) is 2. The first kappa shape index (κ1) is 13.4. The van der Waals surface area contributed by atoms with Crippen LogP contribution in [-0.4, -0.2) is 54.6 Å². The van der Waals surface area contributed by atoms with Gasteiger partial charge in [0.25, 0.3) is 0 Å². The Morgan fingerprint density at radius 1 is 1.59 bits per heavy atom. The zero-order chi connectivity index (χ0) is 12.8. The van der Waals surface area contributed by atoms with E-state index in [-0.39, 0.29) is 12.2 Å². The molecule has 0 aliphatic heterocycles. The summed E-state index contributed by atoms with van der Waals surface area (Å²) in [7, 11) is 3.28. The summed E-state index contributed by atoms with van der Waals surface area (Å²) in [5.41, 5.74) is 0.139. The minimum absolute atomic E-state index is 0.139. The van der Waals surface area contributed by atoms with Gasteiger partial charge in [0, 0.05) is 26.9 Å². The molecule has 1 unspecified atom stereocenters. The predicted molar refractivity (Wildman–Crippen MR) is 62.3 cm³/mol. The van der Waals surface area contributed by atoms with Gasteiger partial charge in [0.15, 0.2) is 0 Å². The number of ether oxygens (including phenoxy) is 1. The van der Waals surface area contributed by atoms with Crippen LogP contribution >= 0.6 is 0 Å². The first-order valence-corrected chi connectivity index (χ1v) is 5.12. The molecule has 1 atom stereocenters. The molecule has 0 saturated carbocycles. The van der Waals surface area contributed by atoms with E-state index in [0.717, 1.165) is 0 Å². The third kappa shape index (κ3) is 4.01. The van der Waals surface area contributed by atoms with Crippen LogP contribution in [0.4, 0.5) is 5.82 Å². The minimum atomic E-state index is -1.01. The molecular formula is C11H16N2O4. The summed E-state index contributed by atoms with van der Waals surface area (Å²) >= 11 is 0. The maximum Gasteiger partial charge on any atom is 0.337 e. The number of hydrogen-bond acceptors (Lipinski definition) is 5. The Kier molecular flexibility index (Phi) is 4.86. The number of carboxylic acids is 1. The largest absolute Gasteiger partial charge is 0.478 e. The zero-order valence-electron chi connectivity index (χ0n) is 9.83. The number of carbonyl (C=O) groups is 1. The van der Waals surface area contributed by atoms with Crippen molar-refractivity contribution < 1.29 is 19.7 Å². The number of hydrogen-bond donors (Lipinski definition) is 2. The van der Waals surface area contributed by atoms with Crippen LogP contribution in [0.3, 0.4) is 0 Å². The van der Waals surface area contributed by atoms with E-state index in [1.54, 1.807) is 18.0 Å². The molecule has 0 bridgehead atoms. The molecule has 6 heteroatoms. The molecule has 0 spiro atoms. The highest BCUT2D eigenvalue weighted by Crippen LogP contribution is 2.10. The van der Waals surface area contributed by atoms with Crippen LogP contribution in [0.1, 0.15) is 10.4 Å². The Hall–Kier alpha value is -1.66. The number of aliphatic hydroxyl groups excluding tert-OH is 1. The third-order valence-electron chi connectivity index (χ3n) is 2.23. The number of carboxylic acid groups (broad SMARTS) is 1. The molecule has 1 aromatic rings. The smallest absolute Gasteiger partial charge is 0.337 e. The molecule has 6 nitrogen and oxygen atoms in total. The number of anilines is 1. The quantitative estimate of drug-likeness (QED) is 0.740. The van der Waals surface area contributed by atoms with Crippen molar-refractivity contribution in [2.24, 2.45) is 0 Å². The Morgan fingerprint density at radius 2 is 2.29 bits per heavy atom. The van der Waals surface area contributed by atoms with Crippen molar-refractivity contribution in [3.8, 4) is 0 Å². The highest BCUT2D eigenvalue weighted by Gasteiger charge is 2.10. The van der Waals surface area contributed by atoms with Crippen LogP contribution in [0, 0.1) is 0 Å². The van der Waals surface area contributed by atoms with Crippen LogP contribution in [0.2, 0.25) is 0 Å². The van der Waals surface area contributed by atoms with E-state index in [2.05, 4.69) is 4.98 Å². The molecule has 0 aromatic carbocycles. The summed E-state index contributed by atoms with van der Waals surface area (Å²) in [5.74, 6) is -0.406. The Balaban J connectivity index is 2.63. The maximum absolute atomic E-state index is 10.6. The van der Waals surface area contributed by atoms with Gasteiger partial charge in [-0.2, -0.15) is 0 Å². The number of aromatic carboxylic acids is 1. The monoisotopic (exact) mass is 240 g/mol. The van der Waals surface area contributed by atoms with Crippen molar-refractivity contribution in [1.29, 1.82) is 0 Å². The summed E-state index contributed by atoms with van der Waals surface area (Å²) in [6.45, 7) is 0.616. The van der Waals surface area contributed by atoms with Crippen molar-refractivity contribution in [2.75, 3.05) is 32.2 Å². The lowest BCUT2D eigenvalue weighted by atomic mass is 10.3. The van der Waals surface area contributed by atoms with Gasteiger partial charge >= 0.3 is 5.97 Å². The molecule has 17 heavy (non-hydrogen) atoms. The van der Waals surface area contributed by atoms with Crippen molar-refractivity contribution in [3.05, 3.63) is 23.9 Å². The molecule has 0 radical (unpaired) electrons. The highest BCUT2D eigenvalue weighted by atomic mass is 16.5. The van der Waals surface area contributed by atoms with E-state index in [1.165, 1.54) is 19.4 Å². The second-order valence-electron chi connectivity index (χ2n) is 3.70. The molecule has 1 aromatic heterocycles. The fourth-order valence-corrected chi connectivity index (χ4v) is 1.39. The molecule has 0 fully saturated rings. The Labute approximate surface area is 99.5 Å². The lowest BCUT2D eigenvalue weighted by molar-refractivity contribution is 0.0690. The molecule has 1 rings (SSSR count). The minimum Gasteiger partial charge on any atom is -0.478 e. The number of methoxy groups -OCH3 is 1. The van der Waals surface area contributed by atoms with Gasteiger partial charge in [0.2, 0.25) is 0 Å². The summed E-state index contributed by atoms with van der Waals surface area (Å²) < 4.78 is 4.82. The van der Waals surface area contributed by atoms with Gasteiger partial charge in [0.05, 0.1) is 18.3 Å². The first-order chi connectivity index (χ1) is 8.04. The highest BCUT2D eigenvalue weighted by molar-refractivity contribution is 5.87. The molecule has 2 N–H and O–H groups in total. The average Bonchev–Trinajstić information content (AvgIpc) is 2.29. The van der Waals surface area contributed by atoms with Gasteiger partial charge in [-0.1, -0.05) is 0 Å². The number of rotatable bonds is 6. The normalized spacial score (nSPS) is 12.2. The van der Waals surface area contributed by atoms with Gasteiger partial charge in [-0.25, -0.2) is 9.78 Å². The summed E-state index contributed by atoms with van der Waals surface area (Å²) in [6, 6.07) is 3.08. The van der Waals surface area contributed by atoms with E-state index >= 15 is 0 Å². The van der Waals surface area contributed by atoms with Crippen LogP contribution in [0.15, 0.2) is 18.3 Å². The number of aliphatic hydroxyl groups is 1. The van der Waals surface area contributed by atoms with Gasteiger partial charge in [-0.05, 0) is 12.1 Å². The van der Waals surface area contributed by atoms with E-state index in [4.69, 9.17) is 9.84 Å². The molecule has 0 aliphatic carbocycles. The molecular weight excluding hydrogens is 224 g/mol. The van der Waals surface area contributed by atoms with E-state index in [0.29, 0.717) is 12.4 Å². The van der Waals surface area contributed by atoms with Crippen LogP contribution < -0.4 is 4.90 Å². The average molecular weight is 240 g/mol. The molecule has 94 valence electrons. The van der Waals surface area contributed by atoms with Gasteiger partial charge in [-0.15, -0.1) is 0 Å². The second-order valence-corrected chi connectivity index (χ2v) is 3.70. The van der Waals surface area contributed by atoms with Gasteiger partial charge < -0.3 is 19.8 Å². The molecule has 0 amide bonds. The van der Waals surface area contributed by atoms with E-state index in [9.17, 15) is 9.90 Å². The molecule has 0 aliphatic rings. The topological polar surface area (TPSA) is 82.9 Å². The number of pyridine rings is 1. The fraction of sp³-hybridized carbons (Fsp3) is 0.455. The Morgan fingerprint density at radius 3 is 2.76 bits per heavy atom. The SMILES string of the molecule is COCC(O)CN(C)c1ccc(C(=O)O)cn1. The van der Waals surface area contributed by atoms with Crippen LogP contribution in [0.25, 0.3) is 0 Å². The van der Waals surface area contributed by atoms with Crippen molar-refractivity contribution in [1.82, 2.24) is 4.98 Å². The first-order valence-electron chi connectivity index (χ1n) is 5.12. The summed E-state index contributed by atoms with van der Waals surface area (Å²) in [6.07, 6.45) is 0.683. The van der Waals surface area contributed by atoms with Crippen molar-refractivity contribution in [3.63, 3.8) is 0 Å². The summed E-state index contributed by atoms with van der Waals surface area (Å²) in [5, 5.41) is 18.3. The zero-order valence-corrected chi connectivity index (χ0v) is 9.83. The fourth-order valence-electron chi connectivity index (χ4n) is 1.39. The Bertz CT molecular complexity index is 366.